The number of fused-ring (bicyclic) bond motifs is 1. The van der Waals surface area contributed by atoms with Gasteiger partial charge in [-0.2, -0.15) is 0 Å². The van der Waals surface area contributed by atoms with Crippen LogP contribution in [0.2, 0.25) is 0 Å². The average Bonchev–Trinajstić information content (AvgIpc) is 3.22. The van der Waals surface area contributed by atoms with Gasteiger partial charge in [0, 0.05) is 19.5 Å². The summed E-state index contributed by atoms with van der Waals surface area (Å²) in [5, 5.41) is 2.81. The molecule has 0 saturated carbocycles. The normalized spacial score (nSPS) is 11.0. The minimum absolute atomic E-state index is 0.0904. The molecular formula is C29H32FN3O2. The molecule has 1 heterocycles. The molecule has 0 unspecified atom stereocenters. The van der Waals surface area contributed by atoms with Gasteiger partial charge >= 0.3 is 0 Å². The molecule has 4 aromatic rings. The van der Waals surface area contributed by atoms with E-state index in [-0.39, 0.29) is 11.5 Å². The van der Waals surface area contributed by atoms with Crippen molar-refractivity contribution >= 4 is 16.9 Å². The van der Waals surface area contributed by atoms with Gasteiger partial charge in [-0.1, -0.05) is 48.9 Å². The number of aryl methyl sites for hydroxylation is 3. The molecule has 0 saturated heterocycles. The number of hydrogen-bond acceptors (Lipinski definition) is 3. The third-order valence-corrected chi connectivity index (χ3v) is 6.09. The van der Waals surface area contributed by atoms with Gasteiger partial charge in [-0.25, -0.2) is 9.37 Å². The molecule has 182 valence electrons. The van der Waals surface area contributed by atoms with E-state index in [1.807, 2.05) is 30.3 Å². The number of amides is 1. The van der Waals surface area contributed by atoms with Gasteiger partial charge in [0.1, 0.15) is 17.4 Å². The molecule has 0 aliphatic rings. The van der Waals surface area contributed by atoms with Crippen molar-refractivity contribution in [1.29, 1.82) is 0 Å². The summed E-state index contributed by atoms with van der Waals surface area (Å²) in [5.41, 5.74) is 3.40. The van der Waals surface area contributed by atoms with Crippen molar-refractivity contribution in [1.82, 2.24) is 14.9 Å². The number of carbonyl (C=O) groups excluding carboxylic acids is 1. The van der Waals surface area contributed by atoms with Gasteiger partial charge < -0.3 is 14.6 Å². The van der Waals surface area contributed by atoms with E-state index in [0.29, 0.717) is 13.2 Å². The van der Waals surface area contributed by atoms with Crippen LogP contribution in [-0.2, 0) is 13.0 Å². The standard InChI is InChI=1S/C29H32FN3O2/c1-22-12-4-9-17-27(22)35-21-11-20-33-26-16-8-7-15-25(26)32-28(33)18-3-2-10-19-31-29(34)23-13-5-6-14-24(23)30/h4-9,12-17H,2-3,10-11,18-21H2,1H3,(H,31,34). The fourth-order valence-corrected chi connectivity index (χ4v) is 4.22. The van der Waals surface area contributed by atoms with Gasteiger partial charge in [-0.3, -0.25) is 4.79 Å². The highest BCUT2D eigenvalue weighted by Gasteiger charge is 2.11. The second-order valence-electron chi connectivity index (χ2n) is 8.68. The second kappa shape index (κ2) is 12.2. The number of rotatable bonds is 12. The minimum atomic E-state index is -0.492. The molecule has 1 N–H and O–H groups in total. The topological polar surface area (TPSA) is 56.1 Å². The lowest BCUT2D eigenvalue weighted by atomic mass is 10.1. The Labute approximate surface area is 206 Å². The highest BCUT2D eigenvalue weighted by Crippen LogP contribution is 2.20. The molecule has 5 nitrogen and oxygen atoms in total. The number of benzene rings is 3. The van der Waals surface area contributed by atoms with E-state index >= 15 is 0 Å². The van der Waals surface area contributed by atoms with Gasteiger partial charge in [0.05, 0.1) is 23.2 Å². The number of carbonyl (C=O) groups is 1. The lowest BCUT2D eigenvalue weighted by Gasteiger charge is -2.12. The van der Waals surface area contributed by atoms with Gasteiger partial charge in [0.15, 0.2) is 0 Å². The predicted molar refractivity (Wildman–Crippen MR) is 137 cm³/mol. The van der Waals surface area contributed by atoms with Crippen LogP contribution in [0, 0.1) is 12.7 Å². The van der Waals surface area contributed by atoms with Crippen LogP contribution in [0.3, 0.4) is 0 Å². The Bertz CT molecular complexity index is 1270. The summed E-state index contributed by atoms with van der Waals surface area (Å²) in [5.74, 6) is 1.16. The first-order valence-electron chi connectivity index (χ1n) is 12.3. The zero-order valence-corrected chi connectivity index (χ0v) is 20.2. The first kappa shape index (κ1) is 24.5. The van der Waals surface area contributed by atoms with Crippen molar-refractivity contribution in [2.75, 3.05) is 13.2 Å². The molecule has 35 heavy (non-hydrogen) atoms. The summed E-state index contributed by atoms with van der Waals surface area (Å²) in [7, 11) is 0. The average molecular weight is 474 g/mol. The third kappa shape index (κ3) is 6.47. The molecular weight excluding hydrogens is 441 g/mol. The van der Waals surface area contributed by atoms with E-state index < -0.39 is 5.82 Å². The fourth-order valence-electron chi connectivity index (χ4n) is 4.22. The van der Waals surface area contributed by atoms with Gasteiger partial charge in [-0.05, 0) is 62.1 Å². The van der Waals surface area contributed by atoms with Crippen LogP contribution in [0.1, 0.15) is 47.4 Å². The molecule has 0 atom stereocenters. The van der Waals surface area contributed by atoms with Crippen molar-refractivity contribution in [3.8, 4) is 5.75 Å². The number of ether oxygens (including phenoxy) is 1. The maximum absolute atomic E-state index is 13.7. The number of para-hydroxylation sites is 3. The zero-order valence-electron chi connectivity index (χ0n) is 20.2. The number of nitrogens with one attached hydrogen (secondary N) is 1. The van der Waals surface area contributed by atoms with Crippen LogP contribution in [-0.4, -0.2) is 28.6 Å². The van der Waals surface area contributed by atoms with Crippen molar-refractivity contribution in [2.45, 2.75) is 45.6 Å². The van der Waals surface area contributed by atoms with Crippen LogP contribution in [0.4, 0.5) is 4.39 Å². The van der Waals surface area contributed by atoms with E-state index in [0.717, 1.165) is 66.8 Å². The number of imidazole rings is 1. The SMILES string of the molecule is Cc1ccccc1OCCCn1c(CCCCCNC(=O)c2ccccc2F)nc2ccccc21. The van der Waals surface area contributed by atoms with E-state index in [2.05, 4.69) is 35.0 Å². The van der Waals surface area contributed by atoms with Crippen molar-refractivity contribution in [3.63, 3.8) is 0 Å². The summed E-state index contributed by atoms with van der Waals surface area (Å²) in [6.07, 6.45) is 4.53. The first-order chi connectivity index (χ1) is 17.1. The van der Waals surface area contributed by atoms with E-state index in [1.54, 1.807) is 12.1 Å². The van der Waals surface area contributed by atoms with Crippen LogP contribution >= 0.6 is 0 Å². The molecule has 0 spiro atoms. The molecule has 4 rings (SSSR count). The highest BCUT2D eigenvalue weighted by atomic mass is 19.1. The lowest BCUT2D eigenvalue weighted by Crippen LogP contribution is -2.25. The zero-order chi connectivity index (χ0) is 24.5. The van der Waals surface area contributed by atoms with Crippen LogP contribution in [0.5, 0.6) is 5.75 Å². The van der Waals surface area contributed by atoms with Crippen LogP contribution < -0.4 is 10.1 Å². The summed E-state index contributed by atoms with van der Waals surface area (Å²) < 4.78 is 22.0. The molecule has 0 fully saturated rings. The molecule has 6 heteroatoms. The number of aromatic nitrogens is 2. The van der Waals surface area contributed by atoms with Gasteiger partial charge in [0.2, 0.25) is 0 Å². The Hall–Kier alpha value is -3.67. The summed E-state index contributed by atoms with van der Waals surface area (Å²) in [4.78, 5) is 17.0. The maximum atomic E-state index is 13.7. The Morgan fingerprint density at radius 3 is 2.57 bits per heavy atom. The lowest BCUT2D eigenvalue weighted by molar-refractivity contribution is 0.0949. The molecule has 0 aliphatic carbocycles. The van der Waals surface area contributed by atoms with E-state index in [9.17, 15) is 9.18 Å². The molecule has 0 radical (unpaired) electrons. The number of hydrogen-bond donors (Lipinski definition) is 1. The van der Waals surface area contributed by atoms with Crippen molar-refractivity contribution in [2.24, 2.45) is 0 Å². The Morgan fingerprint density at radius 1 is 0.943 bits per heavy atom. The largest absolute Gasteiger partial charge is 0.493 e. The Morgan fingerprint density at radius 2 is 1.71 bits per heavy atom. The molecule has 3 aromatic carbocycles. The molecule has 0 bridgehead atoms. The number of halogens is 1. The van der Waals surface area contributed by atoms with E-state index in [1.165, 1.54) is 12.1 Å². The van der Waals surface area contributed by atoms with Crippen LogP contribution in [0.15, 0.2) is 72.8 Å². The van der Waals surface area contributed by atoms with Gasteiger partial charge in [-0.15, -0.1) is 0 Å². The fraction of sp³-hybridized carbons (Fsp3) is 0.310. The van der Waals surface area contributed by atoms with Crippen molar-refractivity contribution < 1.29 is 13.9 Å². The molecule has 1 aromatic heterocycles. The first-order valence-corrected chi connectivity index (χ1v) is 12.3. The predicted octanol–water partition coefficient (Wildman–Crippen LogP) is 6.10. The monoisotopic (exact) mass is 473 g/mol. The Kier molecular flexibility index (Phi) is 8.49. The highest BCUT2D eigenvalue weighted by molar-refractivity contribution is 5.94. The third-order valence-electron chi connectivity index (χ3n) is 6.09. The quantitative estimate of drug-likeness (QED) is 0.253. The van der Waals surface area contributed by atoms with Crippen LogP contribution in [0.25, 0.3) is 11.0 Å². The molecule has 0 aliphatic heterocycles. The smallest absolute Gasteiger partial charge is 0.254 e. The number of nitrogens with zero attached hydrogens (tertiary/aromatic N) is 2. The number of unbranched alkanes of at least 4 members (excludes halogenated alkanes) is 2. The van der Waals surface area contributed by atoms with Crippen molar-refractivity contribution in [3.05, 3.63) is 95.6 Å². The Balaban J connectivity index is 1.25. The van der Waals surface area contributed by atoms with Gasteiger partial charge in [0.25, 0.3) is 5.91 Å². The summed E-state index contributed by atoms with van der Waals surface area (Å²) >= 11 is 0. The second-order valence-corrected chi connectivity index (χ2v) is 8.68. The minimum Gasteiger partial charge on any atom is -0.493 e. The summed E-state index contributed by atoms with van der Waals surface area (Å²) in [6, 6.07) is 22.4. The van der Waals surface area contributed by atoms with E-state index in [4.69, 9.17) is 9.72 Å². The maximum Gasteiger partial charge on any atom is 0.254 e. The molecule has 1 amide bonds. The summed E-state index contributed by atoms with van der Waals surface area (Å²) in [6.45, 7) is 4.08.